The number of benzene rings is 2. The fourth-order valence-corrected chi connectivity index (χ4v) is 3.28. The van der Waals surface area contributed by atoms with Gasteiger partial charge < -0.3 is 19.9 Å². The van der Waals surface area contributed by atoms with E-state index in [0.29, 0.717) is 22.6 Å². The molecule has 0 spiro atoms. The molecule has 1 amide bonds. The predicted octanol–water partition coefficient (Wildman–Crippen LogP) is 3.79. The number of hydrogen-bond donors (Lipinski definition) is 2. The van der Waals surface area contributed by atoms with Crippen LogP contribution < -0.4 is 14.8 Å². The Hall–Kier alpha value is -3.68. The highest BCUT2D eigenvalue weighted by Crippen LogP contribution is 2.41. The maximum atomic E-state index is 13.6. The second kappa shape index (κ2) is 7.98. The first kappa shape index (κ1) is 21.0. The smallest absolute Gasteiger partial charge is 0.337 e. The van der Waals surface area contributed by atoms with Crippen LogP contribution >= 0.6 is 0 Å². The molecule has 0 unspecified atom stereocenters. The number of carbonyl (C=O) groups is 3. The number of fused-ring (bicyclic) bond motifs is 1. The Morgan fingerprint density at radius 2 is 1.83 bits per heavy atom. The third-order valence-corrected chi connectivity index (χ3v) is 4.92. The van der Waals surface area contributed by atoms with Gasteiger partial charge in [-0.15, -0.1) is 0 Å². The summed E-state index contributed by atoms with van der Waals surface area (Å²) >= 11 is 0. The molecule has 1 aliphatic heterocycles. The number of anilines is 1. The van der Waals surface area contributed by atoms with E-state index in [9.17, 15) is 23.9 Å². The van der Waals surface area contributed by atoms with Crippen molar-refractivity contribution >= 4 is 29.6 Å². The molecule has 0 saturated carbocycles. The maximum Gasteiger partial charge on any atom is 0.337 e. The van der Waals surface area contributed by atoms with Crippen molar-refractivity contribution in [3.05, 3.63) is 57.4 Å². The van der Waals surface area contributed by atoms with Gasteiger partial charge >= 0.3 is 11.9 Å². The number of carboxylic acids is 1. The van der Waals surface area contributed by atoms with Gasteiger partial charge in [0.15, 0.2) is 0 Å². The Morgan fingerprint density at radius 3 is 2.47 bits per heavy atom. The summed E-state index contributed by atoms with van der Waals surface area (Å²) in [6.07, 6.45) is 1.60. The zero-order valence-electron chi connectivity index (χ0n) is 16.9. The van der Waals surface area contributed by atoms with Gasteiger partial charge in [0, 0.05) is 18.1 Å². The van der Waals surface area contributed by atoms with E-state index in [4.69, 9.17) is 9.47 Å². The number of halogens is 1. The van der Waals surface area contributed by atoms with E-state index in [0.717, 1.165) is 29.3 Å². The average molecular weight is 413 g/mol. The third-order valence-electron chi connectivity index (χ3n) is 4.92. The minimum Gasteiger partial charge on any atom is -0.488 e. The monoisotopic (exact) mass is 413 g/mol. The Balaban J connectivity index is 2.01. The van der Waals surface area contributed by atoms with E-state index in [1.807, 2.05) is 13.8 Å². The molecule has 0 radical (unpaired) electrons. The van der Waals surface area contributed by atoms with Gasteiger partial charge in [0.1, 0.15) is 23.9 Å². The molecule has 0 bridgehead atoms. The molecule has 0 aromatic heterocycles. The summed E-state index contributed by atoms with van der Waals surface area (Å²) in [6, 6.07) is 3.02. The van der Waals surface area contributed by atoms with Gasteiger partial charge in [-0.2, -0.15) is 0 Å². The quantitative estimate of drug-likeness (QED) is 0.584. The molecule has 0 aliphatic carbocycles. The lowest BCUT2D eigenvalue weighted by molar-refractivity contribution is -0.132. The minimum absolute atomic E-state index is 0.0524. The molecule has 1 heterocycles. The zero-order valence-corrected chi connectivity index (χ0v) is 16.9. The third kappa shape index (κ3) is 3.89. The van der Waals surface area contributed by atoms with Gasteiger partial charge in [-0.05, 0) is 56.2 Å². The standard InChI is InChI=1S/C22H20FNO6/c1-10-11(2)20-17(12(3)19(10)30-13(4)25)7-14(9-29-20)21(26)24-18-8-15(23)5-6-16(18)22(27)28/h5-8H,9H2,1-4H3,(H,24,26)(H,27,28). The topological polar surface area (TPSA) is 102 Å². The number of ether oxygens (including phenoxy) is 2. The molecule has 2 aromatic rings. The van der Waals surface area contributed by atoms with Crippen molar-refractivity contribution in [1.82, 2.24) is 0 Å². The van der Waals surface area contributed by atoms with Crippen molar-refractivity contribution in [2.45, 2.75) is 27.7 Å². The first-order valence-corrected chi connectivity index (χ1v) is 9.09. The van der Waals surface area contributed by atoms with Crippen LogP contribution in [0.3, 0.4) is 0 Å². The van der Waals surface area contributed by atoms with Crippen molar-refractivity contribution in [2.24, 2.45) is 0 Å². The number of nitrogens with one attached hydrogen (secondary N) is 1. The summed E-state index contributed by atoms with van der Waals surface area (Å²) in [5.41, 5.74) is 2.57. The lowest BCUT2D eigenvalue weighted by Crippen LogP contribution is -2.23. The molecule has 2 N–H and O–H groups in total. The Labute approximate surface area is 172 Å². The van der Waals surface area contributed by atoms with E-state index in [-0.39, 0.29) is 23.4 Å². The number of carbonyl (C=O) groups excluding carboxylic acids is 2. The molecular formula is C22H20FNO6. The summed E-state index contributed by atoms with van der Waals surface area (Å²) in [4.78, 5) is 35.5. The number of hydrogen-bond acceptors (Lipinski definition) is 5. The van der Waals surface area contributed by atoms with E-state index in [2.05, 4.69) is 5.32 Å². The molecule has 7 nitrogen and oxygen atoms in total. The molecule has 0 fully saturated rings. The van der Waals surface area contributed by atoms with E-state index in [1.54, 1.807) is 13.0 Å². The highest BCUT2D eigenvalue weighted by atomic mass is 19.1. The summed E-state index contributed by atoms with van der Waals surface area (Å²) < 4.78 is 24.7. The fraction of sp³-hybridized carbons (Fsp3) is 0.227. The largest absolute Gasteiger partial charge is 0.488 e. The summed E-state index contributed by atoms with van der Waals surface area (Å²) in [5.74, 6) is -2.08. The van der Waals surface area contributed by atoms with Crippen LogP contribution in [0.4, 0.5) is 10.1 Å². The highest BCUT2D eigenvalue weighted by molar-refractivity contribution is 6.10. The van der Waals surface area contributed by atoms with Crippen LogP contribution in [0, 0.1) is 26.6 Å². The molecule has 3 rings (SSSR count). The van der Waals surface area contributed by atoms with Gasteiger partial charge in [-0.1, -0.05) is 0 Å². The van der Waals surface area contributed by atoms with Crippen molar-refractivity contribution in [3.63, 3.8) is 0 Å². The summed E-state index contributed by atoms with van der Waals surface area (Å²) in [5, 5.41) is 11.7. The second-order valence-corrected chi connectivity index (χ2v) is 6.95. The summed E-state index contributed by atoms with van der Waals surface area (Å²) in [6.45, 7) is 6.64. The van der Waals surface area contributed by atoms with Crippen LogP contribution in [0.5, 0.6) is 11.5 Å². The fourth-order valence-electron chi connectivity index (χ4n) is 3.28. The van der Waals surface area contributed by atoms with Crippen LogP contribution in [-0.4, -0.2) is 29.6 Å². The van der Waals surface area contributed by atoms with Crippen LogP contribution in [-0.2, 0) is 9.59 Å². The highest BCUT2D eigenvalue weighted by Gasteiger charge is 2.26. The van der Waals surface area contributed by atoms with Crippen molar-refractivity contribution in [2.75, 3.05) is 11.9 Å². The molecule has 1 aliphatic rings. The number of amides is 1. The Morgan fingerprint density at radius 1 is 1.13 bits per heavy atom. The van der Waals surface area contributed by atoms with E-state index in [1.165, 1.54) is 6.92 Å². The molecule has 8 heteroatoms. The van der Waals surface area contributed by atoms with Gasteiger partial charge in [-0.25, -0.2) is 9.18 Å². The molecule has 156 valence electrons. The van der Waals surface area contributed by atoms with Crippen LogP contribution in [0.2, 0.25) is 0 Å². The van der Waals surface area contributed by atoms with Gasteiger partial charge in [0.25, 0.3) is 5.91 Å². The van der Waals surface area contributed by atoms with Gasteiger partial charge in [0.2, 0.25) is 0 Å². The molecule has 0 saturated heterocycles. The minimum atomic E-state index is -1.29. The average Bonchev–Trinajstić information content (AvgIpc) is 2.68. The van der Waals surface area contributed by atoms with Crippen LogP contribution in [0.1, 0.15) is 39.5 Å². The summed E-state index contributed by atoms with van der Waals surface area (Å²) in [7, 11) is 0. The predicted molar refractivity (Wildman–Crippen MR) is 107 cm³/mol. The molecule has 0 atom stereocenters. The lowest BCUT2D eigenvalue weighted by atomic mass is 9.94. The molecule has 2 aromatic carbocycles. The van der Waals surface area contributed by atoms with Crippen LogP contribution in [0.25, 0.3) is 6.08 Å². The molecular weight excluding hydrogens is 393 g/mol. The number of carboxylic acid groups (broad SMARTS) is 1. The van der Waals surface area contributed by atoms with E-state index < -0.39 is 23.7 Å². The van der Waals surface area contributed by atoms with Crippen LogP contribution in [0.15, 0.2) is 23.8 Å². The number of rotatable bonds is 4. The van der Waals surface area contributed by atoms with Crippen molar-refractivity contribution in [3.8, 4) is 11.5 Å². The van der Waals surface area contributed by atoms with Gasteiger partial charge in [-0.3, -0.25) is 9.59 Å². The van der Waals surface area contributed by atoms with Gasteiger partial charge in [0.05, 0.1) is 16.8 Å². The molecule has 30 heavy (non-hydrogen) atoms. The SMILES string of the molecule is CC(=O)Oc1c(C)c(C)c2c(c1C)C=C(C(=O)Nc1cc(F)ccc1C(=O)O)CO2. The van der Waals surface area contributed by atoms with Crippen molar-refractivity contribution < 1.29 is 33.4 Å². The van der Waals surface area contributed by atoms with E-state index >= 15 is 0 Å². The normalized spacial score (nSPS) is 12.4. The zero-order chi connectivity index (χ0) is 22.2. The Bertz CT molecular complexity index is 1120. The van der Waals surface area contributed by atoms with Crippen molar-refractivity contribution in [1.29, 1.82) is 0 Å². The first-order chi connectivity index (χ1) is 14.1. The Kier molecular flexibility index (Phi) is 5.60. The lowest BCUT2D eigenvalue weighted by Gasteiger charge is -2.24. The second-order valence-electron chi connectivity index (χ2n) is 6.95. The number of esters is 1. The number of aromatic carboxylic acids is 1. The first-order valence-electron chi connectivity index (χ1n) is 9.09. The maximum absolute atomic E-state index is 13.6.